The lowest BCUT2D eigenvalue weighted by Crippen LogP contribution is -1.99. The van der Waals surface area contributed by atoms with Crippen LogP contribution in [0.5, 0.6) is 11.5 Å². The van der Waals surface area contributed by atoms with E-state index in [-0.39, 0.29) is 0 Å². The molecule has 0 heterocycles. The van der Waals surface area contributed by atoms with Gasteiger partial charge < -0.3 is 15.2 Å². The first-order valence-corrected chi connectivity index (χ1v) is 7.15. The highest BCUT2D eigenvalue weighted by Gasteiger charge is 2.05. The van der Waals surface area contributed by atoms with Crippen molar-refractivity contribution in [2.75, 3.05) is 19.1 Å². The van der Waals surface area contributed by atoms with E-state index in [9.17, 15) is 0 Å². The first-order valence-electron chi connectivity index (χ1n) is 5.93. The van der Waals surface area contributed by atoms with E-state index in [1.165, 1.54) is 0 Å². The van der Waals surface area contributed by atoms with E-state index in [4.69, 9.17) is 15.2 Å². The zero-order valence-electron chi connectivity index (χ0n) is 11.1. The van der Waals surface area contributed by atoms with E-state index in [2.05, 4.69) is 0 Å². The highest BCUT2D eigenvalue weighted by Crippen LogP contribution is 2.31. The van der Waals surface area contributed by atoms with Gasteiger partial charge in [-0.25, -0.2) is 0 Å². The SMILES string of the molecule is COc1ccc(COc2cccc(SC)c2N)cc1. The highest BCUT2D eigenvalue weighted by atomic mass is 32.2. The molecule has 0 spiro atoms. The van der Waals surface area contributed by atoms with Gasteiger partial charge in [-0.1, -0.05) is 18.2 Å². The molecule has 100 valence electrons. The Morgan fingerprint density at radius 1 is 1.11 bits per heavy atom. The fraction of sp³-hybridized carbons (Fsp3) is 0.200. The Hall–Kier alpha value is -1.81. The van der Waals surface area contributed by atoms with Crippen molar-refractivity contribution in [3.63, 3.8) is 0 Å². The van der Waals surface area contributed by atoms with Crippen LogP contribution in [0.4, 0.5) is 5.69 Å². The predicted octanol–water partition coefficient (Wildman–Crippen LogP) is 3.58. The molecular formula is C15H17NO2S. The van der Waals surface area contributed by atoms with Gasteiger partial charge in [-0.05, 0) is 36.1 Å². The fourth-order valence-corrected chi connectivity index (χ4v) is 2.25. The molecule has 0 radical (unpaired) electrons. The van der Waals surface area contributed by atoms with Crippen LogP contribution in [0.25, 0.3) is 0 Å². The van der Waals surface area contributed by atoms with Gasteiger partial charge in [0.1, 0.15) is 18.1 Å². The summed E-state index contributed by atoms with van der Waals surface area (Å²) in [6.45, 7) is 0.492. The monoisotopic (exact) mass is 275 g/mol. The van der Waals surface area contributed by atoms with Crippen LogP contribution in [0.1, 0.15) is 5.56 Å². The zero-order chi connectivity index (χ0) is 13.7. The number of rotatable bonds is 5. The minimum Gasteiger partial charge on any atom is -0.497 e. The van der Waals surface area contributed by atoms with Crippen molar-refractivity contribution < 1.29 is 9.47 Å². The summed E-state index contributed by atoms with van der Waals surface area (Å²) in [6, 6.07) is 13.6. The van der Waals surface area contributed by atoms with Crippen molar-refractivity contribution in [2.24, 2.45) is 0 Å². The van der Waals surface area contributed by atoms with Gasteiger partial charge in [0.2, 0.25) is 0 Å². The van der Waals surface area contributed by atoms with Gasteiger partial charge in [-0.2, -0.15) is 0 Å². The van der Waals surface area contributed by atoms with Gasteiger partial charge in [0.25, 0.3) is 0 Å². The third-order valence-corrected chi connectivity index (χ3v) is 3.60. The third-order valence-electron chi connectivity index (χ3n) is 2.80. The van der Waals surface area contributed by atoms with Gasteiger partial charge in [-0.15, -0.1) is 11.8 Å². The Bertz CT molecular complexity index is 540. The molecule has 0 aliphatic carbocycles. The molecule has 0 saturated carbocycles. The van der Waals surface area contributed by atoms with Gasteiger partial charge in [0.15, 0.2) is 0 Å². The summed E-state index contributed by atoms with van der Waals surface area (Å²) in [7, 11) is 1.65. The molecule has 0 aliphatic rings. The molecule has 2 rings (SSSR count). The van der Waals surface area contributed by atoms with Crippen LogP contribution in [-0.2, 0) is 6.61 Å². The van der Waals surface area contributed by atoms with Crippen molar-refractivity contribution in [3.8, 4) is 11.5 Å². The van der Waals surface area contributed by atoms with E-state index >= 15 is 0 Å². The minimum absolute atomic E-state index is 0.492. The van der Waals surface area contributed by atoms with Gasteiger partial charge >= 0.3 is 0 Å². The molecule has 19 heavy (non-hydrogen) atoms. The Labute approximate surface area is 117 Å². The van der Waals surface area contributed by atoms with E-state index in [0.29, 0.717) is 12.3 Å². The van der Waals surface area contributed by atoms with Crippen LogP contribution in [0.15, 0.2) is 47.4 Å². The van der Waals surface area contributed by atoms with Crippen LogP contribution in [0.3, 0.4) is 0 Å². The summed E-state index contributed by atoms with van der Waals surface area (Å²) >= 11 is 1.61. The Morgan fingerprint density at radius 2 is 1.84 bits per heavy atom. The third kappa shape index (κ3) is 3.35. The molecule has 2 aromatic carbocycles. The summed E-state index contributed by atoms with van der Waals surface area (Å²) in [5.41, 5.74) is 7.81. The minimum atomic E-state index is 0.492. The molecule has 2 N–H and O–H groups in total. The molecule has 0 bridgehead atoms. The standard InChI is InChI=1S/C15H17NO2S/c1-17-12-8-6-11(7-9-12)10-18-13-4-3-5-14(19-2)15(13)16/h3-9H,10,16H2,1-2H3. The summed E-state index contributed by atoms with van der Waals surface area (Å²) in [5, 5.41) is 0. The second kappa shape index (κ2) is 6.38. The Morgan fingerprint density at radius 3 is 2.47 bits per heavy atom. The normalized spacial score (nSPS) is 10.2. The first-order chi connectivity index (χ1) is 9.24. The number of nitrogens with two attached hydrogens (primary N) is 1. The average Bonchev–Trinajstić information content (AvgIpc) is 2.47. The molecule has 0 aliphatic heterocycles. The van der Waals surface area contributed by atoms with Crippen LogP contribution in [0.2, 0.25) is 0 Å². The largest absolute Gasteiger partial charge is 0.497 e. The van der Waals surface area contributed by atoms with Crippen molar-refractivity contribution in [1.29, 1.82) is 0 Å². The average molecular weight is 275 g/mol. The number of anilines is 1. The van der Waals surface area contributed by atoms with Crippen molar-refractivity contribution in [3.05, 3.63) is 48.0 Å². The van der Waals surface area contributed by atoms with Crippen molar-refractivity contribution in [2.45, 2.75) is 11.5 Å². The van der Waals surface area contributed by atoms with E-state index in [1.807, 2.05) is 48.7 Å². The molecule has 3 nitrogen and oxygen atoms in total. The van der Waals surface area contributed by atoms with Crippen molar-refractivity contribution in [1.82, 2.24) is 0 Å². The number of para-hydroxylation sites is 1. The van der Waals surface area contributed by atoms with Gasteiger partial charge in [0.05, 0.1) is 12.8 Å². The second-order valence-electron chi connectivity index (χ2n) is 4.01. The van der Waals surface area contributed by atoms with Gasteiger partial charge in [-0.3, -0.25) is 0 Å². The summed E-state index contributed by atoms with van der Waals surface area (Å²) in [4.78, 5) is 1.03. The highest BCUT2D eigenvalue weighted by molar-refractivity contribution is 7.98. The summed E-state index contributed by atoms with van der Waals surface area (Å²) < 4.78 is 10.9. The quantitative estimate of drug-likeness (QED) is 0.669. The molecule has 4 heteroatoms. The fourth-order valence-electron chi connectivity index (χ4n) is 1.71. The topological polar surface area (TPSA) is 44.5 Å². The predicted molar refractivity (Wildman–Crippen MR) is 80.0 cm³/mol. The van der Waals surface area contributed by atoms with E-state index in [0.717, 1.165) is 22.0 Å². The number of benzene rings is 2. The van der Waals surface area contributed by atoms with E-state index in [1.54, 1.807) is 18.9 Å². The molecule has 0 unspecified atom stereocenters. The smallest absolute Gasteiger partial charge is 0.143 e. The van der Waals surface area contributed by atoms with Gasteiger partial charge in [0, 0.05) is 4.90 Å². The van der Waals surface area contributed by atoms with Crippen LogP contribution in [0, 0.1) is 0 Å². The molecule has 0 amide bonds. The number of nitrogen functional groups attached to an aromatic ring is 1. The van der Waals surface area contributed by atoms with Crippen LogP contribution in [-0.4, -0.2) is 13.4 Å². The maximum absolute atomic E-state index is 6.04. The molecule has 2 aromatic rings. The molecule has 0 fully saturated rings. The lowest BCUT2D eigenvalue weighted by atomic mass is 10.2. The molecule has 0 saturated heterocycles. The lowest BCUT2D eigenvalue weighted by Gasteiger charge is -2.11. The summed E-state index contributed by atoms with van der Waals surface area (Å²) in [5.74, 6) is 1.57. The number of hydrogen-bond donors (Lipinski definition) is 1. The number of ether oxygens (including phenoxy) is 2. The van der Waals surface area contributed by atoms with E-state index < -0.39 is 0 Å². The van der Waals surface area contributed by atoms with Crippen LogP contribution >= 0.6 is 11.8 Å². The Balaban J connectivity index is 2.05. The maximum Gasteiger partial charge on any atom is 0.143 e. The number of thioether (sulfide) groups is 1. The molecule has 0 aromatic heterocycles. The first kappa shape index (κ1) is 13.6. The Kier molecular flexibility index (Phi) is 4.58. The van der Waals surface area contributed by atoms with Crippen LogP contribution < -0.4 is 15.2 Å². The molecule has 0 atom stereocenters. The second-order valence-corrected chi connectivity index (χ2v) is 4.86. The molecular weight excluding hydrogens is 258 g/mol. The maximum atomic E-state index is 6.04. The number of methoxy groups -OCH3 is 1. The summed E-state index contributed by atoms with van der Waals surface area (Å²) in [6.07, 6.45) is 2.00. The lowest BCUT2D eigenvalue weighted by molar-refractivity contribution is 0.307. The zero-order valence-corrected chi connectivity index (χ0v) is 11.9. The van der Waals surface area contributed by atoms with Crippen molar-refractivity contribution >= 4 is 17.4 Å². The number of hydrogen-bond acceptors (Lipinski definition) is 4.